The predicted octanol–water partition coefficient (Wildman–Crippen LogP) is 1.09. The van der Waals surface area contributed by atoms with Crippen LogP contribution in [0.4, 0.5) is 5.69 Å². The van der Waals surface area contributed by atoms with E-state index in [9.17, 15) is 0 Å². The van der Waals surface area contributed by atoms with E-state index >= 15 is 0 Å². The summed E-state index contributed by atoms with van der Waals surface area (Å²) in [4.78, 5) is 2.20. The molecule has 0 heterocycles. The second-order valence-corrected chi connectivity index (χ2v) is 3.79. The second kappa shape index (κ2) is 6.43. The fraction of sp³-hybridized carbons (Fsp3) is 0.500. The maximum Gasteiger partial charge on any atom is 0.0556 e. The van der Waals surface area contributed by atoms with Crippen molar-refractivity contribution in [1.82, 2.24) is 5.32 Å². The number of anilines is 1. The van der Waals surface area contributed by atoms with E-state index in [2.05, 4.69) is 36.3 Å². The molecule has 0 fully saturated rings. The van der Waals surface area contributed by atoms with Gasteiger partial charge in [-0.2, -0.15) is 0 Å². The summed E-state index contributed by atoms with van der Waals surface area (Å²) < 4.78 is 0. The van der Waals surface area contributed by atoms with Crippen LogP contribution in [0.3, 0.4) is 0 Å². The molecule has 0 amide bonds. The summed E-state index contributed by atoms with van der Waals surface area (Å²) in [5.41, 5.74) is 1.22. The van der Waals surface area contributed by atoms with Gasteiger partial charge in [0.2, 0.25) is 0 Å². The predicted molar refractivity (Wildman–Crippen MR) is 64.3 cm³/mol. The van der Waals surface area contributed by atoms with Gasteiger partial charge in [-0.1, -0.05) is 18.2 Å². The van der Waals surface area contributed by atoms with Crippen molar-refractivity contribution in [3.8, 4) is 0 Å². The Bertz CT molecular complexity index is 264. The normalized spacial score (nSPS) is 12.5. The van der Waals surface area contributed by atoms with E-state index in [1.165, 1.54) is 5.69 Å². The number of aliphatic hydroxyl groups excluding tert-OH is 1. The lowest BCUT2D eigenvalue weighted by Crippen LogP contribution is -2.38. The Balaban J connectivity index is 2.38. The van der Waals surface area contributed by atoms with Gasteiger partial charge in [0.05, 0.1) is 6.61 Å². The first-order valence-electron chi connectivity index (χ1n) is 5.34. The van der Waals surface area contributed by atoms with Crippen LogP contribution in [0, 0.1) is 0 Å². The Morgan fingerprint density at radius 1 is 1.33 bits per heavy atom. The second-order valence-electron chi connectivity index (χ2n) is 3.79. The molecule has 0 aliphatic rings. The molecule has 1 aromatic carbocycles. The van der Waals surface area contributed by atoms with Crippen molar-refractivity contribution in [3.05, 3.63) is 30.3 Å². The van der Waals surface area contributed by atoms with Crippen LogP contribution in [0.2, 0.25) is 0 Å². The summed E-state index contributed by atoms with van der Waals surface area (Å²) in [7, 11) is 2.08. The van der Waals surface area contributed by atoms with Gasteiger partial charge in [0, 0.05) is 31.9 Å². The Morgan fingerprint density at radius 2 is 2.00 bits per heavy atom. The number of nitrogens with zero attached hydrogens (tertiary/aromatic N) is 1. The first kappa shape index (κ1) is 12.0. The zero-order chi connectivity index (χ0) is 11.1. The van der Waals surface area contributed by atoms with E-state index in [-0.39, 0.29) is 6.61 Å². The van der Waals surface area contributed by atoms with E-state index in [1.807, 2.05) is 18.2 Å². The van der Waals surface area contributed by atoms with Crippen LogP contribution < -0.4 is 10.2 Å². The molecule has 0 aliphatic heterocycles. The Hall–Kier alpha value is -1.06. The average molecular weight is 208 g/mol. The molecule has 1 aromatic rings. The number of likely N-dealkylation sites (N-methyl/N-ethyl adjacent to an activating group) is 1. The molecular weight excluding hydrogens is 188 g/mol. The lowest BCUT2D eigenvalue weighted by Gasteiger charge is -2.24. The molecule has 1 atom stereocenters. The third kappa shape index (κ3) is 4.32. The molecule has 1 unspecified atom stereocenters. The first-order chi connectivity index (χ1) is 7.24. The number of nitrogens with one attached hydrogen (secondary N) is 1. The summed E-state index contributed by atoms with van der Waals surface area (Å²) in [6.07, 6.45) is 0. The van der Waals surface area contributed by atoms with E-state index in [0.717, 1.165) is 6.54 Å². The Morgan fingerprint density at radius 3 is 2.60 bits per heavy atom. The van der Waals surface area contributed by atoms with Crippen LogP contribution in [0.25, 0.3) is 0 Å². The minimum Gasteiger partial charge on any atom is -0.395 e. The van der Waals surface area contributed by atoms with Crippen molar-refractivity contribution in [2.45, 2.75) is 13.0 Å². The number of hydrogen-bond acceptors (Lipinski definition) is 3. The van der Waals surface area contributed by atoms with Gasteiger partial charge >= 0.3 is 0 Å². The molecule has 3 heteroatoms. The van der Waals surface area contributed by atoms with Gasteiger partial charge < -0.3 is 15.3 Å². The van der Waals surface area contributed by atoms with E-state index in [4.69, 9.17) is 5.11 Å². The van der Waals surface area contributed by atoms with Crippen molar-refractivity contribution in [1.29, 1.82) is 0 Å². The fourth-order valence-corrected chi connectivity index (χ4v) is 1.57. The highest BCUT2D eigenvalue weighted by Crippen LogP contribution is 2.10. The molecule has 1 rings (SSSR count). The standard InChI is InChI=1S/C12H20N2O/c1-11(13-8-9-15)10-14(2)12-6-4-3-5-7-12/h3-7,11,13,15H,8-10H2,1-2H3. The quantitative estimate of drug-likeness (QED) is 0.734. The highest BCUT2D eigenvalue weighted by Gasteiger charge is 2.05. The van der Waals surface area contributed by atoms with E-state index in [1.54, 1.807) is 0 Å². The molecule has 0 spiro atoms. The SMILES string of the molecule is CC(CN(C)c1ccccc1)NCCO. The van der Waals surface area contributed by atoms with Crippen LogP contribution in [0.1, 0.15) is 6.92 Å². The maximum atomic E-state index is 8.69. The fourth-order valence-electron chi connectivity index (χ4n) is 1.57. The number of hydrogen-bond donors (Lipinski definition) is 2. The molecule has 0 saturated carbocycles. The number of para-hydroxylation sites is 1. The maximum absolute atomic E-state index is 8.69. The monoisotopic (exact) mass is 208 g/mol. The van der Waals surface area contributed by atoms with Gasteiger partial charge in [-0.05, 0) is 19.1 Å². The van der Waals surface area contributed by atoms with Crippen molar-refractivity contribution in [3.63, 3.8) is 0 Å². The summed E-state index contributed by atoms with van der Waals surface area (Å²) in [6.45, 7) is 3.91. The number of aliphatic hydroxyl groups is 1. The molecular formula is C12H20N2O. The van der Waals surface area contributed by atoms with Gasteiger partial charge in [0.25, 0.3) is 0 Å². The third-order valence-electron chi connectivity index (χ3n) is 2.35. The summed E-state index contributed by atoms with van der Waals surface area (Å²) in [5, 5.41) is 11.9. The van der Waals surface area contributed by atoms with Gasteiger partial charge in [-0.15, -0.1) is 0 Å². The zero-order valence-electron chi connectivity index (χ0n) is 9.48. The van der Waals surface area contributed by atoms with Crippen LogP contribution in [-0.4, -0.2) is 37.9 Å². The largest absolute Gasteiger partial charge is 0.395 e. The molecule has 0 aromatic heterocycles. The lowest BCUT2D eigenvalue weighted by atomic mass is 10.2. The number of rotatable bonds is 6. The summed E-state index contributed by atoms with van der Waals surface area (Å²) in [6, 6.07) is 10.7. The van der Waals surface area contributed by atoms with E-state index < -0.39 is 0 Å². The summed E-state index contributed by atoms with van der Waals surface area (Å²) in [5.74, 6) is 0. The topological polar surface area (TPSA) is 35.5 Å². The van der Waals surface area contributed by atoms with Crippen molar-refractivity contribution in [2.24, 2.45) is 0 Å². The van der Waals surface area contributed by atoms with Crippen LogP contribution in [0.5, 0.6) is 0 Å². The van der Waals surface area contributed by atoms with Crippen LogP contribution in [-0.2, 0) is 0 Å². The lowest BCUT2D eigenvalue weighted by molar-refractivity contribution is 0.286. The van der Waals surface area contributed by atoms with Crippen LogP contribution in [0.15, 0.2) is 30.3 Å². The van der Waals surface area contributed by atoms with Crippen molar-refractivity contribution < 1.29 is 5.11 Å². The minimum absolute atomic E-state index is 0.194. The molecule has 3 nitrogen and oxygen atoms in total. The van der Waals surface area contributed by atoms with Gasteiger partial charge in [0.1, 0.15) is 0 Å². The average Bonchev–Trinajstić information content (AvgIpc) is 2.27. The minimum atomic E-state index is 0.194. The molecule has 84 valence electrons. The highest BCUT2D eigenvalue weighted by molar-refractivity contribution is 5.45. The smallest absolute Gasteiger partial charge is 0.0556 e. The van der Waals surface area contributed by atoms with Crippen molar-refractivity contribution >= 4 is 5.69 Å². The van der Waals surface area contributed by atoms with Gasteiger partial charge in [-0.3, -0.25) is 0 Å². The Labute approximate surface area is 91.7 Å². The zero-order valence-corrected chi connectivity index (χ0v) is 9.48. The molecule has 0 saturated heterocycles. The van der Waals surface area contributed by atoms with Gasteiger partial charge in [-0.25, -0.2) is 0 Å². The van der Waals surface area contributed by atoms with Crippen molar-refractivity contribution in [2.75, 3.05) is 31.6 Å². The molecule has 2 N–H and O–H groups in total. The molecule has 0 radical (unpaired) electrons. The molecule has 0 aliphatic carbocycles. The third-order valence-corrected chi connectivity index (χ3v) is 2.35. The highest BCUT2D eigenvalue weighted by atomic mass is 16.3. The van der Waals surface area contributed by atoms with Crippen LogP contribution >= 0.6 is 0 Å². The van der Waals surface area contributed by atoms with Gasteiger partial charge in [0.15, 0.2) is 0 Å². The molecule has 0 bridgehead atoms. The van der Waals surface area contributed by atoms with E-state index in [0.29, 0.717) is 12.6 Å². The molecule has 15 heavy (non-hydrogen) atoms. The summed E-state index contributed by atoms with van der Waals surface area (Å²) >= 11 is 0. The number of benzene rings is 1. The first-order valence-corrected chi connectivity index (χ1v) is 5.34. The Kier molecular flexibility index (Phi) is 5.15.